The molecule has 0 unspecified atom stereocenters. The summed E-state index contributed by atoms with van der Waals surface area (Å²) < 4.78 is 11.1. The van der Waals surface area contributed by atoms with Crippen LogP contribution in [-0.4, -0.2) is 116 Å². The zero-order valence-electron chi connectivity index (χ0n) is 29.9. The molecular formula is C39H55N5O4. The zero-order chi connectivity index (χ0) is 33.9. The van der Waals surface area contributed by atoms with E-state index in [1.807, 2.05) is 12.1 Å². The predicted octanol–water partition coefficient (Wildman–Crippen LogP) is 5.95. The molecule has 0 aliphatic carbocycles. The molecule has 3 saturated heterocycles. The average Bonchev–Trinajstić information content (AvgIpc) is 3.50. The van der Waals surface area contributed by atoms with Gasteiger partial charge < -0.3 is 24.3 Å². The van der Waals surface area contributed by atoms with Gasteiger partial charge in [0.1, 0.15) is 0 Å². The largest absolute Gasteiger partial charge is 0.493 e. The van der Waals surface area contributed by atoms with Crippen molar-refractivity contribution in [1.82, 2.24) is 24.6 Å². The SMILES string of the molecule is COc1ccc(-c2[nH]c3ccc(C4CCN(C(=O)CN5CCC[C@H](C(=O)N6CCN(C(C)C)CC6)C5)CC4)cc3c2C(C)C)cc1OC. The molecule has 3 aromatic rings. The molecule has 0 bridgehead atoms. The molecule has 9 nitrogen and oxygen atoms in total. The third-order valence-electron chi connectivity index (χ3n) is 11.0. The van der Waals surface area contributed by atoms with Crippen molar-refractivity contribution in [3.8, 4) is 22.8 Å². The van der Waals surface area contributed by atoms with Gasteiger partial charge in [-0.3, -0.25) is 19.4 Å². The zero-order valence-corrected chi connectivity index (χ0v) is 29.9. The minimum absolute atomic E-state index is 0.00855. The molecule has 3 aliphatic heterocycles. The second kappa shape index (κ2) is 14.9. The molecule has 2 aromatic carbocycles. The maximum absolute atomic E-state index is 13.5. The van der Waals surface area contributed by atoms with Crippen LogP contribution < -0.4 is 9.47 Å². The van der Waals surface area contributed by atoms with Gasteiger partial charge in [0.15, 0.2) is 11.5 Å². The van der Waals surface area contributed by atoms with Crippen LogP contribution >= 0.6 is 0 Å². The number of carbonyl (C=O) groups is 2. The molecular weight excluding hydrogens is 602 g/mol. The van der Waals surface area contributed by atoms with Gasteiger partial charge in [-0.25, -0.2) is 0 Å². The topological polar surface area (TPSA) is 81.3 Å². The number of ether oxygens (including phenoxy) is 2. The first-order valence-electron chi connectivity index (χ1n) is 18.1. The van der Waals surface area contributed by atoms with Gasteiger partial charge in [-0.1, -0.05) is 19.9 Å². The van der Waals surface area contributed by atoms with E-state index >= 15 is 0 Å². The third kappa shape index (κ3) is 7.22. The number of fused-ring (bicyclic) bond motifs is 1. The van der Waals surface area contributed by atoms with Crippen LogP contribution in [0.15, 0.2) is 36.4 Å². The fourth-order valence-electron chi connectivity index (χ4n) is 8.17. The van der Waals surface area contributed by atoms with Crippen molar-refractivity contribution in [2.75, 3.05) is 73.1 Å². The highest BCUT2D eigenvalue weighted by Crippen LogP contribution is 2.40. The summed E-state index contributed by atoms with van der Waals surface area (Å²) in [6.07, 6.45) is 3.83. The van der Waals surface area contributed by atoms with Gasteiger partial charge in [-0.05, 0) is 99.4 Å². The number of aromatic amines is 1. The number of amides is 2. The van der Waals surface area contributed by atoms with E-state index in [-0.39, 0.29) is 17.7 Å². The maximum Gasteiger partial charge on any atom is 0.236 e. The third-order valence-corrected chi connectivity index (χ3v) is 11.0. The number of piperidine rings is 2. The first-order valence-corrected chi connectivity index (χ1v) is 18.1. The van der Waals surface area contributed by atoms with Crippen LogP contribution in [0, 0.1) is 5.92 Å². The van der Waals surface area contributed by atoms with E-state index in [1.54, 1.807) is 14.2 Å². The Balaban J connectivity index is 1.06. The van der Waals surface area contributed by atoms with E-state index in [0.717, 1.165) is 99.8 Å². The van der Waals surface area contributed by atoms with Gasteiger partial charge in [0.25, 0.3) is 0 Å². The lowest BCUT2D eigenvalue weighted by Gasteiger charge is -2.40. The lowest BCUT2D eigenvalue weighted by molar-refractivity contribution is -0.141. The number of nitrogens with one attached hydrogen (secondary N) is 1. The van der Waals surface area contributed by atoms with Crippen molar-refractivity contribution in [3.63, 3.8) is 0 Å². The standard InChI is InChI=1S/C39H55N5O4/c1-26(2)37-32-22-29(9-11-33(32)40-38(37)30-10-12-34(47-5)35(23-30)48-6)28-13-16-43(17-14-28)36(45)25-41-15-7-8-31(24-41)39(46)44-20-18-42(19-21-44)27(3)4/h9-12,22-23,26-28,31,40H,7-8,13-21,24-25H2,1-6H3/t31-/m0/s1. The van der Waals surface area contributed by atoms with Crippen LogP contribution in [0.3, 0.4) is 0 Å². The van der Waals surface area contributed by atoms with Gasteiger partial charge >= 0.3 is 0 Å². The van der Waals surface area contributed by atoms with Gasteiger partial charge in [-0.15, -0.1) is 0 Å². The van der Waals surface area contributed by atoms with Crippen LogP contribution in [0.25, 0.3) is 22.2 Å². The van der Waals surface area contributed by atoms with Crippen molar-refractivity contribution >= 4 is 22.7 Å². The van der Waals surface area contributed by atoms with Crippen LogP contribution in [0.1, 0.15) is 76.3 Å². The number of likely N-dealkylation sites (tertiary alicyclic amines) is 2. The summed E-state index contributed by atoms with van der Waals surface area (Å²) in [6.45, 7) is 16.0. The molecule has 0 saturated carbocycles. The van der Waals surface area contributed by atoms with E-state index in [1.165, 1.54) is 16.5 Å². The molecule has 6 rings (SSSR count). The maximum atomic E-state index is 13.5. The van der Waals surface area contributed by atoms with Gasteiger partial charge in [0.2, 0.25) is 11.8 Å². The summed E-state index contributed by atoms with van der Waals surface area (Å²) in [5.74, 6) is 2.69. The first-order chi connectivity index (χ1) is 23.2. The van der Waals surface area contributed by atoms with Crippen molar-refractivity contribution in [2.24, 2.45) is 5.92 Å². The molecule has 3 aliphatic rings. The Morgan fingerprint density at radius 2 is 1.56 bits per heavy atom. The second-order valence-corrected chi connectivity index (χ2v) is 14.6. The number of methoxy groups -OCH3 is 2. The molecule has 9 heteroatoms. The van der Waals surface area contributed by atoms with Crippen LogP contribution in [0.2, 0.25) is 0 Å². The smallest absolute Gasteiger partial charge is 0.236 e. The molecule has 1 aromatic heterocycles. The number of rotatable bonds is 9. The number of piperazine rings is 1. The molecule has 1 N–H and O–H groups in total. The Hall–Kier alpha value is -3.56. The first kappa shape index (κ1) is 34.3. The van der Waals surface area contributed by atoms with E-state index in [2.05, 4.69) is 76.5 Å². The number of carbonyl (C=O) groups excluding carboxylic acids is 2. The molecule has 1 atom stereocenters. The van der Waals surface area contributed by atoms with Crippen LogP contribution in [-0.2, 0) is 9.59 Å². The van der Waals surface area contributed by atoms with E-state index in [0.29, 0.717) is 31.0 Å². The molecule has 3 fully saturated rings. The van der Waals surface area contributed by atoms with Crippen molar-refractivity contribution < 1.29 is 19.1 Å². The normalized spacial score (nSPS) is 20.2. The number of hydrogen-bond acceptors (Lipinski definition) is 6. The molecule has 2 amide bonds. The Labute approximate surface area is 286 Å². The van der Waals surface area contributed by atoms with Gasteiger partial charge in [-0.2, -0.15) is 0 Å². The number of benzene rings is 2. The highest BCUT2D eigenvalue weighted by atomic mass is 16.5. The number of nitrogens with zero attached hydrogens (tertiary/aromatic N) is 4. The molecule has 4 heterocycles. The van der Waals surface area contributed by atoms with Crippen LogP contribution in [0.4, 0.5) is 0 Å². The Morgan fingerprint density at radius 1 is 0.833 bits per heavy atom. The lowest BCUT2D eigenvalue weighted by atomic mass is 9.87. The number of aromatic nitrogens is 1. The highest BCUT2D eigenvalue weighted by Gasteiger charge is 2.33. The van der Waals surface area contributed by atoms with Gasteiger partial charge in [0.05, 0.1) is 32.4 Å². The minimum Gasteiger partial charge on any atom is -0.493 e. The molecule has 260 valence electrons. The lowest BCUT2D eigenvalue weighted by Crippen LogP contribution is -2.54. The number of hydrogen-bond donors (Lipinski definition) is 1. The monoisotopic (exact) mass is 657 g/mol. The summed E-state index contributed by atoms with van der Waals surface area (Å²) in [5.41, 5.74) is 5.99. The molecule has 48 heavy (non-hydrogen) atoms. The summed E-state index contributed by atoms with van der Waals surface area (Å²) >= 11 is 0. The Bertz CT molecular complexity index is 1580. The summed E-state index contributed by atoms with van der Waals surface area (Å²) in [5, 5.41) is 1.27. The second-order valence-electron chi connectivity index (χ2n) is 14.6. The van der Waals surface area contributed by atoms with Crippen molar-refractivity contribution in [3.05, 3.63) is 47.5 Å². The minimum atomic E-state index is 0.00855. The van der Waals surface area contributed by atoms with E-state index < -0.39 is 0 Å². The predicted molar refractivity (Wildman–Crippen MR) is 192 cm³/mol. The Kier molecular flexibility index (Phi) is 10.7. The average molecular weight is 658 g/mol. The summed E-state index contributed by atoms with van der Waals surface area (Å²) in [6, 6.07) is 13.5. The fraction of sp³-hybridized carbons (Fsp3) is 0.590. The molecule has 0 spiro atoms. The van der Waals surface area contributed by atoms with Crippen LogP contribution in [0.5, 0.6) is 11.5 Å². The fourth-order valence-corrected chi connectivity index (χ4v) is 8.17. The van der Waals surface area contributed by atoms with Crippen molar-refractivity contribution in [2.45, 2.75) is 71.3 Å². The molecule has 0 radical (unpaired) electrons. The number of H-pyrrole nitrogens is 1. The Morgan fingerprint density at radius 3 is 2.23 bits per heavy atom. The van der Waals surface area contributed by atoms with E-state index in [9.17, 15) is 9.59 Å². The van der Waals surface area contributed by atoms with E-state index in [4.69, 9.17) is 9.47 Å². The quantitative estimate of drug-likeness (QED) is 0.307. The summed E-state index contributed by atoms with van der Waals surface area (Å²) in [7, 11) is 3.33. The van der Waals surface area contributed by atoms with Crippen molar-refractivity contribution in [1.29, 1.82) is 0 Å². The summed E-state index contributed by atoms with van der Waals surface area (Å²) in [4.78, 5) is 39.3. The highest BCUT2D eigenvalue weighted by molar-refractivity contribution is 5.92. The van der Waals surface area contributed by atoms with Gasteiger partial charge in [0, 0.05) is 68.3 Å².